The van der Waals surface area contributed by atoms with Gasteiger partial charge in [0.05, 0.1) is 13.1 Å². The molecule has 0 unspecified atom stereocenters. The van der Waals surface area contributed by atoms with Gasteiger partial charge in [-0.1, -0.05) is 18.2 Å². The molecule has 4 rings (SSSR count). The van der Waals surface area contributed by atoms with Crippen LogP contribution in [-0.2, 0) is 11.2 Å². The number of hydrogen-bond acceptors (Lipinski definition) is 3. The summed E-state index contributed by atoms with van der Waals surface area (Å²) in [5.74, 6) is 0.562. The first-order chi connectivity index (χ1) is 9.16. The first-order valence-electron chi connectivity index (χ1n) is 7.01. The van der Waals surface area contributed by atoms with Crippen molar-refractivity contribution in [2.75, 3.05) is 18.4 Å². The molecular formula is C15H18N2O2. The minimum atomic E-state index is -0.582. The number of carbonyl (C=O) groups is 1. The summed E-state index contributed by atoms with van der Waals surface area (Å²) in [7, 11) is 0. The highest BCUT2D eigenvalue weighted by atomic mass is 16.3. The van der Waals surface area contributed by atoms with E-state index < -0.39 is 5.60 Å². The van der Waals surface area contributed by atoms with Gasteiger partial charge >= 0.3 is 0 Å². The maximum atomic E-state index is 12.4. The third-order valence-corrected chi connectivity index (χ3v) is 4.65. The van der Waals surface area contributed by atoms with E-state index in [-0.39, 0.29) is 11.9 Å². The molecule has 0 spiro atoms. The Morgan fingerprint density at radius 3 is 2.74 bits per heavy atom. The first-order valence-corrected chi connectivity index (χ1v) is 7.01. The van der Waals surface area contributed by atoms with E-state index in [0.29, 0.717) is 19.0 Å². The molecule has 4 nitrogen and oxygen atoms in total. The number of carbonyl (C=O) groups excluding carboxylic acids is 1. The summed E-state index contributed by atoms with van der Waals surface area (Å²) in [5.41, 5.74) is 1.69. The van der Waals surface area contributed by atoms with Crippen molar-refractivity contribution in [2.45, 2.75) is 30.9 Å². The molecule has 19 heavy (non-hydrogen) atoms. The maximum absolute atomic E-state index is 12.4. The van der Waals surface area contributed by atoms with Crippen LogP contribution >= 0.6 is 0 Å². The van der Waals surface area contributed by atoms with Crippen molar-refractivity contribution in [1.82, 2.24) is 4.90 Å². The van der Waals surface area contributed by atoms with Gasteiger partial charge in [-0.3, -0.25) is 4.79 Å². The number of fused-ring (bicyclic) bond motifs is 1. The smallest absolute Gasteiger partial charge is 0.245 e. The fraction of sp³-hybridized carbons (Fsp3) is 0.533. The number of benzene rings is 1. The molecule has 2 heterocycles. The minimum absolute atomic E-state index is 0.126. The summed E-state index contributed by atoms with van der Waals surface area (Å²) < 4.78 is 0. The third-order valence-electron chi connectivity index (χ3n) is 4.65. The normalized spacial score (nSPS) is 27.4. The second-order valence-electron chi connectivity index (χ2n) is 6.13. The molecule has 4 heteroatoms. The monoisotopic (exact) mass is 258 g/mol. The highest BCUT2D eigenvalue weighted by molar-refractivity contribution is 5.88. The van der Waals surface area contributed by atoms with Crippen LogP contribution < -0.4 is 5.32 Å². The number of amides is 1. The summed E-state index contributed by atoms with van der Waals surface area (Å²) in [6.07, 6.45) is 2.99. The number of aliphatic hydroxyl groups is 1. The zero-order valence-electron chi connectivity index (χ0n) is 10.8. The molecule has 2 N–H and O–H groups in total. The van der Waals surface area contributed by atoms with Crippen LogP contribution in [0.15, 0.2) is 24.3 Å². The van der Waals surface area contributed by atoms with Crippen LogP contribution in [0, 0.1) is 5.92 Å². The number of rotatable bonds is 2. The van der Waals surface area contributed by atoms with Gasteiger partial charge in [0.2, 0.25) is 5.91 Å². The molecule has 2 fully saturated rings. The van der Waals surface area contributed by atoms with Crippen molar-refractivity contribution >= 4 is 11.6 Å². The molecule has 1 atom stereocenters. The number of para-hydroxylation sites is 1. The van der Waals surface area contributed by atoms with Gasteiger partial charge in [-0.15, -0.1) is 0 Å². The lowest BCUT2D eigenvalue weighted by molar-refractivity contribution is -0.159. The molecule has 1 saturated carbocycles. The standard InChI is InChI=1S/C15H18N2O2/c18-14(17-8-15(19,9-17)11-5-6-11)13-7-10-3-1-2-4-12(10)16-13/h1-4,11,13,16,19H,5-9H2/t13-/m0/s1. The molecule has 3 aliphatic rings. The van der Waals surface area contributed by atoms with Crippen LogP contribution in [-0.4, -0.2) is 40.6 Å². The lowest BCUT2D eigenvalue weighted by Gasteiger charge is -2.47. The summed E-state index contributed by atoms with van der Waals surface area (Å²) in [5, 5.41) is 13.6. The van der Waals surface area contributed by atoms with E-state index >= 15 is 0 Å². The predicted molar refractivity (Wildman–Crippen MR) is 71.8 cm³/mol. The lowest BCUT2D eigenvalue weighted by Crippen LogP contribution is -2.66. The fourth-order valence-electron chi connectivity index (χ4n) is 3.32. The molecule has 2 aliphatic heterocycles. The molecular weight excluding hydrogens is 240 g/mol. The van der Waals surface area contributed by atoms with E-state index in [0.717, 1.165) is 24.9 Å². The number of hydrogen-bond donors (Lipinski definition) is 2. The van der Waals surface area contributed by atoms with Crippen LogP contribution in [0.4, 0.5) is 5.69 Å². The van der Waals surface area contributed by atoms with Crippen LogP contribution in [0.25, 0.3) is 0 Å². The molecule has 1 aromatic rings. The summed E-state index contributed by atoms with van der Waals surface area (Å²) in [6.45, 7) is 1.04. The van der Waals surface area contributed by atoms with E-state index in [9.17, 15) is 9.90 Å². The predicted octanol–water partition coefficient (Wildman–Crippen LogP) is 1.01. The second-order valence-corrected chi connectivity index (χ2v) is 6.13. The molecule has 1 saturated heterocycles. The van der Waals surface area contributed by atoms with Gasteiger partial charge in [0.1, 0.15) is 11.6 Å². The van der Waals surface area contributed by atoms with Gasteiger partial charge < -0.3 is 15.3 Å². The van der Waals surface area contributed by atoms with Crippen molar-refractivity contribution in [3.63, 3.8) is 0 Å². The first kappa shape index (κ1) is 11.3. The van der Waals surface area contributed by atoms with Crippen molar-refractivity contribution < 1.29 is 9.90 Å². The largest absolute Gasteiger partial charge is 0.386 e. The average Bonchev–Trinajstić information content (AvgIpc) is 3.13. The Morgan fingerprint density at radius 1 is 1.32 bits per heavy atom. The lowest BCUT2D eigenvalue weighted by atomic mass is 9.88. The Morgan fingerprint density at radius 2 is 2.05 bits per heavy atom. The average molecular weight is 258 g/mol. The van der Waals surface area contributed by atoms with Gasteiger partial charge in [-0.05, 0) is 30.4 Å². The van der Waals surface area contributed by atoms with Gasteiger partial charge in [-0.25, -0.2) is 0 Å². The topological polar surface area (TPSA) is 52.6 Å². The van der Waals surface area contributed by atoms with E-state index in [1.807, 2.05) is 18.2 Å². The molecule has 1 aromatic carbocycles. The van der Waals surface area contributed by atoms with E-state index in [4.69, 9.17) is 0 Å². The van der Waals surface area contributed by atoms with Crippen molar-refractivity contribution in [3.05, 3.63) is 29.8 Å². The van der Waals surface area contributed by atoms with Crippen LogP contribution in [0.2, 0.25) is 0 Å². The molecule has 0 bridgehead atoms. The van der Waals surface area contributed by atoms with Crippen molar-refractivity contribution in [2.24, 2.45) is 5.92 Å². The Labute approximate surface area is 112 Å². The number of nitrogens with one attached hydrogen (secondary N) is 1. The molecule has 1 amide bonds. The molecule has 0 radical (unpaired) electrons. The molecule has 100 valence electrons. The Bertz CT molecular complexity index is 508. The van der Waals surface area contributed by atoms with Gasteiger partial charge in [-0.2, -0.15) is 0 Å². The SMILES string of the molecule is O=C([C@@H]1Cc2ccccc2N1)N1CC(O)(C2CC2)C1. The zero-order valence-corrected chi connectivity index (χ0v) is 10.8. The summed E-state index contributed by atoms with van der Waals surface area (Å²) >= 11 is 0. The fourth-order valence-corrected chi connectivity index (χ4v) is 3.32. The quantitative estimate of drug-likeness (QED) is 0.832. The zero-order chi connectivity index (χ0) is 13.0. The minimum Gasteiger partial charge on any atom is -0.386 e. The number of β-amino-alcohol motifs (C(OH)–C–C–N with tert-alkyl or cyclic N) is 1. The second kappa shape index (κ2) is 3.73. The maximum Gasteiger partial charge on any atom is 0.245 e. The van der Waals surface area contributed by atoms with Crippen molar-refractivity contribution in [3.8, 4) is 0 Å². The third kappa shape index (κ3) is 1.74. The van der Waals surface area contributed by atoms with Crippen LogP contribution in [0.3, 0.4) is 0 Å². The van der Waals surface area contributed by atoms with E-state index in [1.54, 1.807) is 4.90 Å². The van der Waals surface area contributed by atoms with Crippen LogP contribution in [0.5, 0.6) is 0 Å². The van der Waals surface area contributed by atoms with Crippen LogP contribution in [0.1, 0.15) is 18.4 Å². The summed E-state index contributed by atoms with van der Waals surface area (Å²) in [6, 6.07) is 7.91. The Balaban J connectivity index is 1.41. The molecule has 1 aliphatic carbocycles. The highest BCUT2D eigenvalue weighted by Crippen LogP contribution is 2.44. The molecule has 0 aromatic heterocycles. The number of likely N-dealkylation sites (tertiary alicyclic amines) is 1. The number of nitrogens with zero attached hydrogens (tertiary/aromatic N) is 1. The van der Waals surface area contributed by atoms with Gasteiger partial charge in [0, 0.05) is 12.1 Å². The van der Waals surface area contributed by atoms with Gasteiger partial charge in [0.25, 0.3) is 0 Å². The number of anilines is 1. The van der Waals surface area contributed by atoms with E-state index in [2.05, 4.69) is 11.4 Å². The van der Waals surface area contributed by atoms with Gasteiger partial charge in [0.15, 0.2) is 0 Å². The Hall–Kier alpha value is -1.55. The van der Waals surface area contributed by atoms with Crippen molar-refractivity contribution in [1.29, 1.82) is 0 Å². The highest BCUT2D eigenvalue weighted by Gasteiger charge is 2.54. The summed E-state index contributed by atoms with van der Waals surface area (Å²) in [4.78, 5) is 14.2. The Kier molecular flexibility index (Phi) is 2.22. The van der Waals surface area contributed by atoms with E-state index in [1.165, 1.54) is 5.56 Å².